The molecule has 2 N–H and O–H groups in total. The minimum absolute atomic E-state index is 0.0694. The molecular weight excluding hydrogens is 269 g/mol. The normalized spacial score (nSPS) is 18.7. The number of nitrogens with zero attached hydrogens (tertiary/aromatic N) is 2. The van der Waals surface area contributed by atoms with Crippen LogP contribution in [0.5, 0.6) is 0 Å². The van der Waals surface area contributed by atoms with Crippen molar-refractivity contribution >= 4 is 23.2 Å². The molecular formula is C13H13Cl2N3. The smallest absolute Gasteiger partial charge is 0.151 e. The highest BCUT2D eigenvalue weighted by molar-refractivity contribution is 6.33. The fourth-order valence-corrected chi connectivity index (χ4v) is 2.95. The van der Waals surface area contributed by atoms with Gasteiger partial charge in [-0.3, -0.25) is 0 Å². The van der Waals surface area contributed by atoms with Gasteiger partial charge >= 0.3 is 0 Å². The fraction of sp³-hybridized carbons (Fsp3) is 0.308. The minimum atomic E-state index is -0.0694. The van der Waals surface area contributed by atoms with Gasteiger partial charge in [-0.05, 0) is 31.4 Å². The lowest BCUT2D eigenvalue weighted by Gasteiger charge is -2.24. The average Bonchev–Trinajstić information content (AvgIpc) is 2.69. The van der Waals surface area contributed by atoms with Gasteiger partial charge < -0.3 is 10.3 Å². The number of halogens is 2. The van der Waals surface area contributed by atoms with Gasteiger partial charge in [0, 0.05) is 5.56 Å². The lowest BCUT2D eigenvalue weighted by Crippen LogP contribution is -2.25. The molecule has 1 aromatic heterocycles. The van der Waals surface area contributed by atoms with Gasteiger partial charge in [-0.25, -0.2) is 4.98 Å². The predicted octanol–water partition coefficient (Wildman–Crippen LogP) is 3.65. The van der Waals surface area contributed by atoms with E-state index < -0.39 is 0 Å². The van der Waals surface area contributed by atoms with Crippen LogP contribution < -0.4 is 5.73 Å². The first-order valence-corrected chi connectivity index (χ1v) is 6.71. The van der Waals surface area contributed by atoms with Crippen LogP contribution in [-0.2, 0) is 6.42 Å². The molecule has 0 radical (unpaired) electrons. The molecule has 1 aliphatic rings. The maximum Gasteiger partial charge on any atom is 0.151 e. The number of fused-ring (bicyclic) bond motifs is 1. The molecule has 0 amide bonds. The summed E-state index contributed by atoms with van der Waals surface area (Å²) in [4.78, 5) is 4.44. The highest BCUT2D eigenvalue weighted by Crippen LogP contribution is 2.35. The first kappa shape index (κ1) is 12.0. The van der Waals surface area contributed by atoms with Crippen LogP contribution >= 0.6 is 23.2 Å². The van der Waals surface area contributed by atoms with Gasteiger partial charge in [0.25, 0.3) is 0 Å². The second kappa shape index (κ2) is 4.57. The zero-order valence-corrected chi connectivity index (χ0v) is 11.2. The van der Waals surface area contributed by atoms with Crippen molar-refractivity contribution in [2.75, 3.05) is 0 Å². The SMILES string of the molecule is NC1CCCc2c(Cl)nc(-c3ccccc3Cl)n21. The van der Waals surface area contributed by atoms with E-state index >= 15 is 0 Å². The number of aromatic nitrogens is 2. The Bertz CT molecular complexity index is 592. The van der Waals surface area contributed by atoms with E-state index in [1.807, 2.05) is 28.8 Å². The monoisotopic (exact) mass is 281 g/mol. The predicted molar refractivity (Wildman–Crippen MR) is 73.8 cm³/mol. The number of nitrogens with two attached hydrogens (primary N) is 1. The maximum atomic E-state index is 6.22. The highest BCUT2D eigenvalue weighted by atomic mass is 35.5. The summed E-state index contributed by atoms with van der Waals surface area (Å²) in [5, 5.41) is 1.21. The summed E-state index contributed by atoms with van der Waals surface area (Å²) >= 11 is 12.4. The van der Waals surface area contributed by atoms with Crippen molar-refractivity contribution in [1.82, 2.24) is 9.55 Å². The lowest BCUT2D eigenvalue weighted by atomic mass is 10.1. The van der Waals surface area contributed by atoms with Crippen LogP contribution in [0.3, 0.4) is 0 Å². The summed E-state index contributed by atoms with van der Waals surface area (Å²) in [6, 6.07) is 7.62. The Morgan fingerprint density at radius 3 is 2.83 bits per heavy atom. The third-order valence-corrected chi connectivity index (χ3v) is 3.95. The van der Waals surface area contributed by atoms with Gasteiger partial charge in [-0.15, -0.1) is 0 Å². The van der Waals surface area contributed by atoms with E-state index in [-0.39, 0.29) is 6.17 Å². The Morgan fingerprint density at radius 1 is 1.28 bits per heavy atom. The van der Waals surface area contributed by atoms with Crippen molar-refractivity contribution in [1.29, 1.82) is 0 Å². The van der Waals surface area contributed by atoms with Crippen molar-refractivity contribution < 1.29 is 0 Å². The van der Waals surface area contributed by atoms with Gasteiger partial charge in [0.1, 0.15) is 5.82 Å². The number of hydrogen-bond acceptors (Lipinski definition) is 2. The summed E-state index contributed by atoms with van der Waals surface area (Å²) in [6.07, 6.45) is 2.84. The first-order valence-electron chi connectivity index (χ1n) is 5.95. The van der Waals surface area contributed by atoms with Crippen molar-refractivity contribution in [3.8, 4) is 11.4 Å². The molecule has 1 aromatic carbocycles. The van der Waals surface area contributed by atoms with E-state index in [0.717, 1.165) is 36.3 Å². The second-order valence-electron chi connectivity index (χ2n) is 4.48. The third kappa shape index (κ3) is 1.83. The molecule has 0 saturated heterocycles. The first-order chi connectivity index (χ1) is 8.68. The van der Waals surface area contributed by atoms with Crippen LogP contribution in [0.4, 0.5) is 0 Å². The second-order valence-corrected chi connectivity index (χ2v) is 5.25. The Labute approximate surface area is 116 Å². The summed E-state index contributed by atoms with van der Waals surface area (Å²) in [5.41, 5.74) is 8.07. The van der Waals surface area contributed by atoms with Crippen LogP contribution in [-0.4, -0.2) is 9.55 Å². The number of benzene rings is 1. The summed E-state index contributed by atoms with van der Waals surface area (Å²) in [6.45, 7) is 0. The molecule has 3 nitrogen and oxygen atoms in total. The Kier molecular flexibility index (Phi) is 3.06. The fourth-order valence-electron chi connectivity index (χ4n) is 2.46. The highest BCUT2D eigenvalue weighted by Gasteiger charge is 2.25. The molecule has 3 rings (SSSR count). The number of hydrogen-bond donors (Lipinski definition) is 1. The minimum Gasteiger partial charge on any atom is -0.311 e. The summed E-state index contributed by atoms with van der Waals surface area (Å²) in [7, 11) is 0. The van der Waals surface area contributed by atoms with Gasteiger partial charge in [0.2, 0.25) is 0 Å². The Balaban J connectivity index is 2.22. The molecule has 94 valence electrons. The molecule has 2 heterocycles. The molecule has 0 aliphatic carbocycles. The molecule has 1 unspecified atom stereocenters. The standard InChI is InChI=1S/C13H13Cl2N3/c14-9-5-2-1-4-8(9)13-17-12(15)10-6-3-7-11(16)18(10)13/h1-2,4-5,11H,3,6-7,16H2. The number of imidazole rings is 1. The number of rotatable bonds is 1. The lowest BCUT2D eigenvalue weighted by molar-refractivity contribution is 0.418. The Morgan fingerprint density at radius 2 is 2.06 bits per heavy atom. The van der Waals surface area contributed by atoms with Crippen LogP contribution in [0.15, 0.2) is 24.3 Å². The molecule has 0 spiro atoms. The van der Waals surface area contributed by atoms with Crippen LogP contribution in [0, 0.1) is 0 Å². The van der Waals surface area contributed by atoms with Gasteiger partial charge in [-0.2, -0.15) is 0 Å². The Hall–Kier alpha value is -1.03. The largest absolute Gasteiger partial charge is 0.311 e. The van der Waals surface area contributed by atoms with Crippen LogP contribution in [0.2, 0.25) is 10.2 Å². The van der Waals surface area contributed by atoms with Gasteiger partial charge in [0.05, 0.1) is 16.9 Å². The maximum absolute atomic E-state index is 6.22. The van der Waals surface area contributed by atoms with E-state index in [4.69, 9.17) is 28.9 Å². The molecule has 0 saturated carbocycles. The molecule has 18 heavy (non-hydrogen) atoms. The van der Waals surface area contributed by atoms with E-state index in [9.17, 15) is 0 Å². The topological polar surface area (TPSA) is 43.8 Å². The van der Waals surface area contributed by atoms with E-state index in [2.05, 4.69) is 4.98 Å². The van der Waals surface area contributed by atoms with Gasteiger partial charge in [-0.1, -0.05) is 35.3 Å². The van der Waals surface area contributed by atoms with Crippen molar-refractivity contribution in [3.63, 3.8) is 0 Å². The quantitative estimate of drug-likeness (QED) is 0.867. The molecule has 2 aromatic rings. The van der Waals surface area contributed by atoms with Crippen molar-refractivity contribution in [2.45, 2.75) is 25.4 Å². The van der Waals surface area contributed by atoms with Crippen molar-refractivity contribution in [3.05, 3.63) is 40.1 Å². The molecule has 1 atom stereocenters. The molecule has 0 bridgehead atoms. The third-order valence-electron chi connectivity index (χ3n) is 3.32. The molecule has 0 fully saturated rings. The summed E-state index contributed by atoms with van der Waals surface area (Å²) in [5.74, 6) is 0.771. The molecule has 1 aliphatic heterocycles. The zero-order chi connectivity index (χ0) is 12.7. The summed E-state index contributed by atoms with van der Waals surface area (Å²) < 4.78 is 2.02. The molecule has 5 heteroatoms. The van der Waals surface area contributed by atoms with Crippen LogP contribution in [0.25, 0.3) is 11.4 Å². The average molecular weight is 282 g/mol. The van der Waals surface area contributed by atoms with E-state index in [0.29, 0.717) is 10.2 Å². The van der Waals surface area contributed by atoms with Crippen LogP contribution in [0.1, 0.15) is 24.7 Å². The van der Waals surface area contributed by atoms with Crippen molar-refractivity contribution in [2.24, 2.45) is 5.73 Å². The zero-order valence-electron chi connectivity index (χ0n) is 9.74. The van der Waals surface area contributed by atoms with E-state index in [1.165, 1.54) is 0 Å². The van der Waals surface area contributed by atoms with Gasteiger partial charge in [0.15, 0.2) is 5.15 Å². The van der Waals surface area contributed by atoms with E-state index in [1.54, 1.807) is 0 Å².